The van der Waals surface area contributed by atoms with Crippen LogP contribution in [-0.2, 0) is 7.05 Å². The van der Waals surface area contributed by atoms with Gasteiger partial charge in [0.2, 0.25) is 0 Å². The van der Waals surface area contributed by atoms with Crippen molar-refractivity contribution in [3.63, 3.8) is 0 Å². The number of thioether (sulfide) groups is 1. The lowest BCUT2D eigenvalue weighted by Gasteiger charge is -2.33. The SMILES string of the molecule is CSc1nccc(N2CCCC(NC(=O)c3cnn(C)c3)C2)n1. The van der Waals surface area contributed by atoms with E-state index in [0.717, 1.165) is 36.9 Å². The fraction of sp³-hybridized carbons (Fsp3) is 0.467. The number of rotatable bonds is 4. The number of aromatic nitrogens is 4. The zero-order valence-electron chi connectivity index (χ0n) is 13.3. The van der Waals surface area contributed by atoms with Crippen molar-refractivity contribution in [3.8, 4) is 0 Å². The average molecular weight is 332 g/mol. The molecule has 0 saturated carbocycles. The summed E-state index contributed by atoms with van der Waals surface area (Å²) in [6.07, 6.45) is 9.06. The Morgan fingerprint density at radius 2 is 2.35 bits per heavy atom. The first-order valence-electron chi connectivity index (χ1n) is 7.57. The van der Waals surface area contributed by atoms with E-state index in [1.807, 2.05) is 12.3 Å². The molecule has 1 amide bonds. The van der Waals surface area contributed by atoms with Crippen LogP contribution in [0.25, 0.3) is 0 Å². The van der Waals surface area contributed by atoms with Gasteiger partial charge in [0.05, 0.1) is 11.8 Å². The van der Waals surface area contributed by atoms with Gasteiger partial charge >= 0.3 is 0 Å². The molecule has 3 rings (SSSR count). The van der Waals surface area contributed by atoms with Gasteiger partial charge < -0.3 is 10.2 Å². The maximum Gasteiger partial charge on any atom is 0.254 e. The van der Waals surface area contributed by atoms with Crippen LogP contribution in [0.2, 0.25) is 0 Å². The molecule has 23 heavy (non-hydrogen) atoms. The van der Waals surface area contributed by atoms with Crippen LogP contribution in [0.3, 0.4) is 0 Å². The molecule has 1 atom stereocenters. The second-order valence-electron chi connectivity index (χ2n) is 5.56. The van der Waals surface area contributed by atoms with Crippen LogP contribution in [0.15, 0.2) is 29.8 Å². The smallest absolute Gasteiger partial charge is 0.254 e. The Balaban J connectivity index is 1.64. The quantitative estimate of drug-likeness (QED) is 0.672. The first kappa shape index (κ1) is 15.8. The number of carbonyl (C=O) groups excluding carboxylic acids is 1. The first-order valence-corrected chi connectivity index (χ1v) is 8.79. The minimum absolute atomic E-state index is 0.0718. The summed E-state index contributed by atoms with van der Waals surface area (Å²) in [7, 11) is 1.80. The van der Waals surface area contributed by atoms with Crippen molar-refractivity contribution in [1.29, 1.82) is 0 Å². The molecule has 0 radical (unpaired) electrons. The lowest BCUT2D eigenvalue weighted by Crippen LogP contribution is -2.48. The molecule has 1 aliphatic heterocycles. The van der Waals surface area contributed by atoms with Crippen LogP contribution in [0, 0.1) is 0 Å². The fourth-order valence-electron chi connectivity index (χ4n) is 2.72. The van der Waals surface area contributed by atoms with E-state index in [2.05, 4.69) is 25.3 Å². The maximum atomic E-state index is 12.3. The summed E-state index contributed by atoms with van der Waals surface area (Å²) in [5.74, 6) is 0.849. The van der Waals surface area contributed by atoms with Crippen LogP contribution in [-0.4, -0.2) is 51.0 Å². The Kier molecular flexibility index (Phi) is 4.80. The summed E-state index contributed by atoms with van der Waals surface area (Å²) in [5.41, 5.74) is 0.594. The van der Waals surface area contributed by atoms with Gasteiger partial charge in [0, 0.05) is 38.6 Å². The van der Waals surface area contributed by atoms with Crippen LogP contribution in [0.1, 0.15) is 23.2 Å². The van der Waals surface area contributed by atoms with Gasteiger partial charge in [-0.05, 0) is 25.2 Å². The number of anilines is 1. The molecule has 8 heteroatoms. The Morgan fingerprint density at radius 3 is 3.09 bits per heavy atom. The molecule has 122 valence electrons. The molecule has 1 unspecified atom stereocenters. The number of aryl methyl sites for hydroxylation is 1. The van der Waals surface area contributed by atoms with Crippen molar-refractivity contribution in [2.45, 2.75) is 24.0 Å². The molecule has 1 fully saturated rings. The molecular formula is C15H20N6OS. The normalized spacial score (nSPS) is 18.0. The maximum absolute atomic E-state index is 12.3. The van der Waals surface area contributed by atoms with Crippen LogP contribution in [0.5, 0.6) is 0 Å². The molecule has 0 bridgehead atoms. The lowest BCUT2D eigenvalue weighted by atomic mass is 10.1. The molecule has 7 nitrogen and oxygen atoms in total. The Hall–Kier alpha value is -2.09. The molecule has 1 saturated heterocycles. The van der Waals surface area contributed by atoms with Gasteiger partial charge in [-0.2, -0.15) is 5.10 Å². The molecular weight excluding hydrogens is 312 g/mol. The molecule has 2 aromatic heterocycles. The van der Waals surface area contributed by atoms with Crippen molar-refractivity contribution in [2.24, 2.45) is 7.05 Å². The molecule has 3 heterocycles. The van der Waals surface area contributed by atoms with Gasteiger partial charge in [0.15, 0.2) is 5.16 Å². The fourth-order valence-corrected chi connectivity index (χ4v) is 3.07. The summed E-state index contributed by atoms with van der Waals surface area (Å²) in [5, 5.41) is 7.90. The second kappa shape index (κ2) is 6.99. The summed E-state index contributed by atoms with van der Waals surface area (Å²) in [6, 6.07) is 2.04. The van der Waals surface area contributed by atoms with Crippen molar-refractivity contribution in [2.75, 3.05) is 24.2 Å². The third-order valence-corrected chi connectivity index (χ3v) is 4.41. The molecule has 1 N–H and O–H groups in total. The van der Waals surface area contributed by atoms with Gasteiger partial charge in [-0.3, -0.25) is 9.48 Å². The number of piperidine rings is 1. The van der Waals surface area contributed by atoms with E-state index in [9.17, 15) is 4.79 Å². The highest BCUT2D eigenvalue weighted by Gasteiger charge is 2.23. The molecule has 1 aliphatic rings. The summed E-state index contributed by atoms with van der Waals surface area (Å²) in [6.45, 7) is 1.71. The third kappa shape index (κ3) is 3.82. The van der Waals surface area contributed by atoms with Crippen molar-refractivity contribution in [3.05, 3.63) is 30.2 Å². The number of amides is 1. The van der Waals surface area contributed by atoms with E-state index < -0.39 is 0 Å². The van der Waals surface area contributed by atoms with Crippen LogP contribution >= 0.6 is 11.8 Å². The Bertz CT molecular complexity index is 688. The molecule has 0 aromatic carbocycles. The molecule has 2 aromatic rings. The number of hydrogen-bond donors (Lipinski definition) is 1. The number of nitrogens with zero attached hydrogens (tertiary/aromatic N) is 5. The highest BCUT2D eigenvalue weighted by Crippen LogP contribution is 2.20. The number of nitrogens with one attached hydrogen (secondary N) is 1. The van der Waals surface area contributed by atoms with E-state index in [0.29, 0.717) is 5.56 Å². The van der Waals surface area contributed by atoms with Crippen LogP contribution < -0.4 is 10.2 Å². The van der Waals surface area contributed by atoms with Gasteiger partial charge in [-0.15, -0.1) is 0 Å². The lowest BCUT2D eigenvalue weighted by molar-refractivity contribution is 0.0933. The van der Waals surface area contributed by atoms with Gasteiger partial charge in [-0.1, -0.05) is 11.8 Å². The zero-order valence-corrected chi connectivity index (χ0v) is 14.1. The van der Waals surface area contributed by atoms with E-state index in [1.54, 1.807) is 30.3 Å². The highest BCUT2D eigenvalue weighted by molar-refractivity contribution is 7.98. The first-order chi connectivity index (χ1) is 11.2. The van der Waals surface area contributed by atoms with E-state index in [1.165, 1.54) is 11.8 Å². The minimum Gasteiger partial charge on any atom is -0.354 e. The standard InChI is InChI=1S/C15H20N6OS/c1-20-9-11(8-17-20)14(22)18-12-4-3-7-21(10-12)13-5-6-16-15(19-13)23-2/h5-6,8-9,12H,3-4,7,10H2,1-2H3,(H,18,22). The average Bonchev–Trinajstić information content (AvgIpc) is 3.02. The molecule has 0 spiro atoms. The van der Waals surface area contributed by atoms with Gasteiger partial charge in [0.25, 0.3) is 5.91 Å². The summed E-state index contributed by atoms with van der Waals surface area (Å²) >= 11 is 1.53. The van der Waals surface area contributed by atoms with Crippen molar-refractivity contribution in [1.82, 2.24) is 25.1 Å². The summed E-state index contributed by atoms with van der Waals surface area (Å²) < 4.78 is 1.63. The molecule has 0 aliphatic carbocycles. The van der Waals surface area contributed by atoms with E-state index >= 15 is 0 Å². The predicted molar refractivity (Wildman–Crippen MR) is 89.7 cm³/mol. The van der Waals surface area contributed by atoms with E-state index in [-0.39, 0.29) is 11.9 Å². The monoisotopic (exact) mass is 332 g/mol. The number of carbonyl (C=O) groups is 1. The topological polar surface area (TPSA) is 75.9 Å². The Labute approximate surface area is 139 Å². The van der Waals surface area contributed by atoms with E-state index in [4.69, 9.17) is 0 Å². The largest absolute Gasteiger partial charge is 0.354 e. The summed E-state index contributed by atoms with van der Waals surface area (Å²) in [4.78, 5) is 23.2. The zero-order chi connectivity index (χ0) is 16.2. The highest BCUT2D eigenvalue weighted by atomic mass is 32.2. The predicted octanol–water partition coefficient (Wildman–Crippen LogP) is 1.33. The third-order valence-electron chi connectivity index (χ3n) is 3.85. The van der Waals surface area contributed by atoms with Crippen molar-refractivity contribution < 1.29 is 4.79 Å². The van der Waals surface area contributed by atoms with Gasteiger partial charge in [-0.25, -0.2) is 9.97 Å². The number of hydrogen-bond acceptors (Lipinski definition) is 6. The Morgan fingerprint density at radius 1 is 1.48 bits per heavy atom. The van der Waals surface area contributed by atoms with Crippen LogP contribution in [0.4, 0.5) is 5.82 Å². The second-order valence-corrected chi connectivity index (χ2v) is 6.34. The minimum atomic E-state index is -0.0718. The van der Waals surface area contributed by atoms with Crippen molar-refractivity contribution >= 4 is 23.5 Å². The van der Waals surface area contributed by atoms with Gasteiger partial charge in [0.1, 0.15) is 5.82 Å².